The van der Waals surface area contributed by atoms with Crippen molar-refractivity contribution in [2.24, 2.45) is 0 Å². The summed E-state index contributed by atoms with van der Waals surface area (Å²) >= 11 is 4.50. The van der Waals surface area contributed by atoms with E-state index in [0.717, 1.165) is 24.9 Å². The number of hydrogen-bond acceptors (Lipinski definition) is 3. The average molecular weight is 293 g/mol. The smallest absolute Gasteiger partial charge is 0.235 e. The SMILES string of the molecule is COC1(C)CCCN(C(=O)C(S)Cc2ccccc2)C1. The number of amides is 1. The van der Waals surface area contributed by atoms with Gasteiger partial charge in [0, 0.05) is 20.2 Å². The van der Waals surface area contributed by atoms with Crippen LogP contribution in [0.1, 0.15) is 25.3 Å². The van der Waals surface area contributed by atoms with Gasteiger partial charge in [-0.3, -0.25) is 4.79 Å². The van der Waals surface area contributed by atoms with Crippen LogP contribution in [0.25, 0.3) is 0 Å². The molecule has 0 radical (unpaired) electrons. The molecule has 3 nitrogen and oxygen atoms in total. The number of benzene rings is 1. The number of methoxy groups -OCH3 is 1. The molecule has 1 aromatic rings. The lowest BCUT2D eigenvalue weighted by atomic mass is 9.94. The fourth-order valence-electron chi connectivity index (χ4n) is 2.70. The van der Waals surface area contributed by atoms with Gasteiger partial charge in [-0.1, -0.05) is 30.3 Å². The molecule has 20 heavy (non-hydrogen) atoms. The number of thiol groups is 1. The largest absolute Gasteiger partial charge is 0.377 e. The van der Waals surface area contributed by atoms with Crippen LogP contribution in [0, 0.1) is 0 Å². The van der Waals surface area contributed by atoms with Gasteiger partial charge in [-0.05, 0) is 31.7 Å². The number of hydrogen-bond donors (Lipinski definition) is 1. The Kier molecular flexibility index (Phi) is 5.11. The zero-order chi connectivity index (χ0) is 14.6. The molecule has 1 aliphatic rings. The van der Waals surface area contributed by atoms with Crippen molar-refractivity contribution < 1.29 is 9.53 Å². The number of piperidine rings is 1. The van der Waals surface area contributed by atoms with Crippen molar-refractivity contribution in [3.8, 4) is 0 Å². The van der Waals surface area contributed by atoms with E-state index in [0.29, 0.717) is 13.0 Å². The molecule has 2 rings (SSSR count). The van der Waals surface area contributed by atoms with Gasteiger partial charge in [0.1, 0.15) is 0 Å². The molecule has 1 aromatic carbocycles. The molecular formula is C16H23NO2S. The predicted octanol–water partition coefficient (Wildman–Crippen LogP) is 2.56. The Labute approximate surface area is 126 Å². The van der Waals surface area contributed by atoms with Crippen LogP contribution in [0.5, 0.6) is 0 Å². The van der Waals surface area contributed by atoms with Gasteiger partial charge < -0.3 is 9.64 Å². The number of rotatable bonds is 4. The van der Waals surface area contributed by atoms with Crippen molar-refractivity contribution in [3.05, 3.63) is 35.9 Å². The van der Waals surface area contributed by atoms with E-state index in [-0.39, 0.29) is 16.8 Å². The molecule has 0 aliphatic carbocycles. The highest BCUT2D eigenvalue weighted by molar-refractivity contribution is 7.81. The Morgan fingerprint density at radius 3 is 2.80 bits per heavy atom. The Balaban J connectivity index is 1.96. The van der Waals surface area contributed by atoms with Crippen LogP contribution in [0.2, 0.25) is 0 Å². The third-order valence-electron chi connectivity index (χ3n) is 4.02. The van der Waals surface area contributed by atoms with Gasteiger partial charge in [0.15, 0.2) is 0 Å². The minimum absolute atomic E-state index is 0.111. The number of likely N-dealkylation sites (tertiary alicyclic amines) is 1. The maximum atomic E-state index is 12.5. The molecule has 1 amide bonds. The lowest BCUT2D eigenvalue weighted by Gasteiger charge is -2.40. The van der Waals surface area contributed by atoms with E-state index in [9.17, 15) is 4.79 Å². The quantitative estimate of drug-likeness (QED) is 0.865. The van der Waals surface area contributed by atoms with Crippen LogP contribution in [-0.4, -0.2) is 41.9 Å². The zero-order valence-electron chi connectivity index (χ0n) is 12.2. The number of nitrogens with zero attached hydrogens (tertiary/aromatic N) is 1. The van der Waals surface area contributed by atoms with Crippen molar-refractivity contribution in [1.82, 2.24) is 4.90 Å². The monoisotopic (exact) mass is 293 g/mol. The van der Waals surface area contributed by atoms with Crippen LogP contribution in [0.4, 0.5) is 0 Å². The van der Waals surface area contributed by atoms with E-state index in [1.165, 1.54) is 0 Å². The van der Waals surface area contributed by atoms with Crippen molar-refractivity contribution in [1.29, 1.82) is 0 Å². The molecule has 0 N–H and O–H groups in total. The highest BCUT2D eigenvalue weighted by Gasteiger charge is 2.34. The normalized spacial score (nSPS) is 24.4. The second kappa shape index (κ2) is 6.64. The van der Waals surface area contributed by atoms with Gasteiger partial charge in [0.05, 0.1) is 10.9 Å². The van der Waals surface area contributed by atoms with E-state index in [4.69, 9.17) is 4.74 Å². The fraction of sp³-hybridized carbons (Fsp3) is 0.562. The third-order valence-corrected chi connectivity index (χ3v) is 4.42. The standard InChI is InChI=1S/C16H23NO2S/c1-16(19-2)9-6-10-17(12-16)15(18)14(20)11-13-7-4-3-5-8-13/h3-5,7-8,14,20H,6,9-12H2,1-2H3. The number of carbonyl (C=O) groups excluding carboxylic acids is 1. The van der Waals surface area contributed by atoms with Gasteiger partial charge in [-0.25, -0.2) is 0 Å². The summed E-state index contributed by atoms with van der Waals surface area (Å²) in [4.78, 5) is 14.4. The second-order valence-corrected chi connectivity index (χ2v) is 6.35. The molecule has 0 saturated carbocycles. The summed E-state index contributed by atoms with van der Waals surface area (Å²) < 4.78 is 5.54. The number of ether oxygens (including phenoxy) is 1. The Morgan fingerprint density at radius 1 is 1.45 bits per heavy atom. The molecule has 110 valence electrons. The maximum absolute atomic E-state index is 12.5. The number of carbonyl (C=O) groups is 1. The molecule has 2 atom stereocenters. The summed E-state index contributed by atoms with van der Waals surface area (Å²) in [6.07, 6.45) is 2.66. The topological polar surface area (TPSA) is 29.5 Å². The van der Waals surface area contributed by atoms with Crippen LogP contribution in [0.15, 0.2) is 30.3 Å². The van der Waals surface area contributed by atoms with Crippen LogP contribution >= 0.6 is 12.6 Å². The molecule has 2 unspecified atom stereocenters. The van der Waals surface area contributed by atoms with Gasteiger partial charge in [-0.15, -0.1) is 0 Å². The maximum Gasteiger partial charge on any atom is 0.235 e. The third kappa shape index (κ3) is 3.76. The predicted molar refractivity (Wildman–Crippen MR) is 84.1 cm³/mol. The first-order valence-corrected chi connectivity index (χ1v) is 7.62. The Morgan fingerprint density at radius 2 is 2.15 bits per heavy atom. The van der Waals surface area contributed by atoms with Crippen molar-refractivity contribution in [2.75, 3.05) is 20.2 Å². The van der Waals surface area contributed by atoms with Gasteiger partial charge >= 0.3 is 0 Å². The van der Waals surface area contributed by atoms with E-state index in [2.05, 4.69) is 19.6 Å². The van der Waals surface area contributed by atoms with Crippen molar-refractivity contribution in [2.45, 2.75) is 37.0 Å². The van der Waals surface area contributed by atoms with Crippen molar-refractivity contribution >= 4 is 18.5 Å². The second-order valence-electron chi connectivity index (χ2n) is 5.72. The van der Waals surface area contributed by atoms with Crippen LogP contribution < -0.4 is 0 Å². The summed E-state index contributed by atoms with van der Waals surface area (Å²) in [5.74, 6) is 0.111. The van der Waals surface area contributed by atoms with E-state index in [1.54, 1.807) is 7.11 Å². The van der Waals surface area contributed by atoms with E-state index in [1.807, 2.05) is 35.2 Å². The molecule has 1 saturated heterocycles. The Bertz CT molecular complexity index is 451. The minimum Gasteiger partial charge on any atom is -0.377 e. The zero-order valence-corrected chi connectivity index (χ0v) is 13.1. The molecule has 0 spiro atoms. The first kappa shape index (κ1) is 15.4. The Hall–Kier alpha value is -1.00. The molecular weight excluding hydrogens is 270 g/mol. The molecule has 1 aliphatic heterocycles. The molecule has 4 heteroatoms. The van der Waals surface area contributed by atoms with E-state index < -0.39 is 0 Å². The summed E-state index contributed by atoms with van der Waals surface area (Å²) in [7, 11) is 1.72. The first-order valence-electron chi connectivity index (χ1n) is 7.10. The highest BCUT2D eigenvalue weighted by atomic mass is 32.1. The molecule has 1 heterocycles. The molecule has 1 fully saturated rings. The summed E-state index contributed by atoms with van der Waals surface area (Å²) in [6.45, 7) is 3.54. The summed E-state index contributed by atoms with van der Waals surface area (Å²) in [6, 6.07) is 10.0. The molecule has 0 bridgehead atoms. The highest BCUT2D eigenvalue weighted by Crippen LogP contribution is 2.25. The molecule has 0 aromatic heterocycles. The van der Waals surface area contributed by atoms with Crippen molar-refractivity contribution in [3.63, 3.8) is 0 Å². The minimum atomic E-state index is -0.281. The van der Waals surface area contributed by atoms with Gasteiger partial charge in [-0.2, -0.15) is 12.6 Å². The van der Waals surface area contributed by atoms with Gasteiger partial charge in [0.25, 0.3) is 0 Å². The summed E-state index contributed by atoms with van der Waals surface area (Å²) in [5, 5.41) is -0.281. The van der Waals surface area contributed by atoms with Crippen LogP contribution in [0.3, 0.4) is 0 Å². The first-order chi connectivity index (χ1) is 9.54. The lowest BCUT2D eigenvalue weighted by molar-refractivity contribution is -0.138. The summed E-state index contributed by atoms with van der Waals surface area (Å²) in [5.41, 5.74) is 0.932. The van der Waals surface area contributed by atoms with Gasteiger partial charge in [0.2, 0.25) is 5.91 Å². The average Bonchev–Trinajstić information content (AvgIpc) is 2.47. The van der Waals surface area contributed by atoms with E-state index >= 15 is 0 Å². The van der Waals surface area contributed by atoms with Crippen LogP contribution in [-0.2, 0) is 16.0 Å². The fourth-order valence-corrected chi connectivity index (χ4v) is 3.07. The lowest BCUT2D eigenvalue weighted by Crippen LogP contribution is -2.51.